The third-order valence-electron chi connectivity index (χ3n) is 4.09. The van der Waals surface area contributed by atoms with Crippen LogP contribution in [0.3, 0.4) is 0 Å². The molecule has 1 N–H and O–H groups in total. The molecule has 100 valence electrons. The molecular weight excluding hydrogens is 240 g/mol. The monoisotopic (exact) mass is 264 g/mol. The van der Waals surface area contributed by atoms with E-state index in [9.17, 15) is 0 Å². The maximum absolute atomic E-state index is 3.71. The molecule has 2 aliphatic rings. The first-order valence-corrected chi connectivity index (χ1v) is 8.26. The highest BCUT2D eigenvalue weighted by atomic mass is 32.1. The number of thiophene rings is 1. The Morgan fingerprint density at radius 1 is 1.39 bits per heavy atom. The largest absolute Gasteiger partial charge is 0.312 e. The van der Waals surface area contributed by atoms with Crippen molar-refractivity contribution in [3.8, 4) is 0 Å². The molecule has 0 aromatic carbocycles. The van der Waals surface area contributed by atoms with Gasteiger partial charge in [0.25, 0.3) is 0 Å². The van der Waals surface area contributed by atoms with Gasteiger partial charge in [0.2, 0.25) is 0 Å². The van der Waals surface area contributed by atoms with E-state index in [0.717, 1.165) is 24.7 Å². The van der Waals surface area contributed by atoms with Gasteiger partial charge >= 0.3 is 0 Å². The maximum Gasteiger partial charge on any atom is 0.0334 e. The SMILES string of the molecule is CCC(CNC1CC1)N(Cc1cccs1)C1CC1. The van der Waals surface area contributed by atoms with Crippen molar-refractivity contribution in [2.45, 2.75) is 63.7 Å². The van der Waals surface area contributed by atoms with E-state index in [1.807, 2.05) is 11.3 Å². The number of nitrogens with zero attached hydrogens (tertiary/aromatic N) is 1. The molecular formula is C15H24N2S. The van der Waals surface area contributed by atoms with Crippen LogP contribution in [0.15, 0.2) is 17.5 Å². The van der Waals surface area contributed by atoms with Crippen LogP contribution in [0.4, 0.5) is 0 Å². The average molecular weight is 264 g/mol. The van der Waals surface area contributed by atoms with Crippen LogP contribution in [-0.4, -0.2) is 29.6 Å². The van der Waals surface area contributed by atoms with Crippen molar-refractivity contribution in [3.63, 3.8) is 0 Å². The van der Waals surface area contributed by atoms with Crippen molar-refractivity contribution < 1.29 is 0 Å². The Morgan fingerprint density at radius 3 is 2.78 bits per heavy atom. The topological polar surface area (TPSA) is 15.3 Å². The van der Waals surface area contributed by atoms with E-state index in [1.54, 1.807) is 0 Å². The Hall–Kier alpha value is -0.380. The molecule has 2 fully saturated rings. The molecule has 18 heavy (non-hydrogen) atoms. The maximum atomic E-state index is 3.71. The van der Waals surface area contributed by atoms with Gasteiger partial charge in [-0.2, -0.15) is 0 Å². The van der Waals surface area contributed by atoms with E-state index >= 15 is 0 Å². The summed E-state index contributed by atoms with van der Waals surface area (Å²) in [7, 11) is 0. The van der Waals surface area contributed by atoms with Crippen LogP contribution in [-0.2, 0) is 6.54 Å². The molecule has 1 atom stereocenters. The van der Waals surface area contributed by atoms with Crippen molar-refractivity contribution in [3.05, 3.63) is 22.4 Å². The molecule has 1 heterocycles. The van der Waals surface area contributed by atoms with Gasteiger partial charge in [-0.1, -0.05) is 13.0 Å². The van der Waals surface area contributed by atoms with Crippen LogP contribution < -0.4 is 5.32 Å². The Kier molecular flexibility index (Phi) is 4.02. The van der Waals surface area contributed by atoms with Gasteiger partial charge in [-0.15, -0.1) is 11.3 Å². The molecule has 3 rings (SSSR count). The highest BCUT2D eigenvalue weighted by molar-refractivity contribution is 7.09. The lowest BCUT2D eigenvalue weighted by Crippen LogP contribution is -2.43. The van der Waals surface area contributed by atoms with E-state index in [0.29, 0.717) is 0 Å². The minimum Gasteiger partial charge on any atom is -0.312 e. The van der Waals surface area contributed by atoms with Crippen LogP contribution in [0.5, 0.6) is 0 Å². The quantitative estimate of drug-likeness (QED) is 0.775. The lowest BCUT2D eigenvalue weighted by atomic mass is 10.1. The summed E-state index contributed by atoms with van der Waals surface area (Å²) in [6, 6.07) is 6.87. The van der Waals surface area contributed by atoms with E-state index in [4.69, 9.17) is 0 Å². The molecule has 0 radical (unpaired) electrons. The molecule has 1 aromatic heterocycles. The van der Waals surface area contributed by atoms with Gasteiger partial charge in [-0.3, -0.25) is 4.90 Å². The van der Waals surface area contributed by atoms with Gasteiger partial charge in [-0.05, 0) is 43.6 Å². The molecule has 2 nitrogen and oxygen atoms in total. The normalized spacial score (nSPS) is 21.4. The third kappa shape index (κ3) is 3.34. The lowest BCUT2D eigenvalue weighted by molar-refractivity contribution is 0.169. The minimum atomic E-state index is 0.722. The second-order valence-electron chi connectivity index (χ2n) is 5.73. The fraction of sp³-hybridized carbons (Fsp3) is 0.733. The van der Waals surface area contributed by atoms with Crippen molar-refractivity contribution in [1.82, 2.24) is 10.2 Å². The highest BCUT2D eigenvalue weighted by Crippen LogP contribution is 2.32. The molecule has 0 amide bonds. The first-order valence-electron chi connectivity index (χ1n) is 7.38. The first kappa shape index (κ1) is 12.6. The lowest BCUT2D eigenvalue weighted by Gasteiger charge is -2.31. The Bertz CT molecular complexity index is 355. The zero-order valence-electron chi connectivity index (χ0n) is 11.3. The Morgan fingerprint density at radius 2 is 2.22 bits per heavy atom. The predicted octanol–water partition coefficient (Wildman–Crippen LogP) is 3.24. The standard InChI is InChI=1S/C15H24N2S/c1-2-13(10-16-12-5-6-12)17(14-7-8-14)11-15-4-3-9-18-15/h3-4,9,12-14,16H,2,5-8,10-11H2,1H3. The zero-order chi connectivity index (χ0) is 12.4. The minimum absolute atomic E-state index is 0.722. The summed E-state index contributed by atoms with van der Waals surface area (Å²) in [4.78, 5) is 4.27. The van der Waals surface area contributed by atoms with Crippen molar-refractivity contribution in [2.24, 2.45) is 0 Å². The number of hydrogen-bond acceptors (Lipinski definition) is 3. The van der Waals surface area contributed by atoms with Crippen molar-refractivity contribution in [1.29, 1.82) is 0 Å². The second-order valence-corrected chi connectivity index (χ2v) is 6.76. The number of hydrogen-bond donors (Lipinski definition) is 1. The summed E-state index contributed by atoms with van der Waals surface area (Å²) >= 11 is 1.90. The Labute approximate surface area is 114 Å². The van der Waals surface area contributed by atoms with Gasteiger partial charge in [0.15, 0.2) is 0 Å². The summed E-state index contributed by atoms with van der Waals surface area (Å²) in [5, 5.41) is 5.91. The molecule has 1 unspecified atom stereocenters. The summed E-state index contributed by atoms with van der Waals surface area (Å²) < 4.78 is 0. The molecule has 0 spiro atoms. The van der Waals surface area contributed by atoms with Crippen molar-refractivity contribution in [2.75, 3.05) is 6.54 Å². The van der Waals surface area contributed by atoms with E-state index in [1.165, 1.54) is 43.5 Å². The average Bonchev–Trinajstić information content (AvgIpc) is 3.30. The first-order chi connectivity index (χ1) is 8.86. The highest BCUT2D eigenvalue weighted by Gasteiger charge is 2.34. The van der Waals surface area contributed by atoms with E-state index in [2.05, 4.69) is 34.7 Å². The van der Waals surface area contributed by atoms with Gasteiger partial charge in [-0.25, -0.2) is 0 Å². The third-order valence-corrected chi connectivity index (χ3v) is 4.96. The molecule has 0 bridgehead atoms. The zero-order valence-corrected chi connectivity index (χ0v) is 12.1. The van der Waals surface area contributed by atoms with E-state index < -0.39 is 0 Å². The smallest absolute Gasteiger partial charge is 0.0334 e. The fourth-order valence-corrected chi connectivity index (χ4v) is 3.34. The second kappa shape index (κ2) is 5.72. The molecule has 3 heteroatoms. The molecule has 0 aliphatic heterocycles. The predicted molar refractivity (Wildman–Crippen MR) is 78.0 cm³/mol. The van der Waals surface area contributed by atoms with Crippen molar-refractivity contribution >= 4 is 11.3 Å². The van der Waals surface area contributed by atoms with Crippen LogP contribution in [0, 0.1) is 0 Å². The molecule has 2 saturated carbocycles. The van der Waals surface area contributed by atoms with Crippen LogP contribution in [0.1, 0.15) is 43.9 Å². The summed E-state index contributed by atoms with van der Waals surface area (Å²) in [6.45, 7) is 4.68. The molecule has 2 aliphatic carbocycles. The van der Waals surface area contributed by atoms with Gasteiger partial charge < -0.3 is 5.32 Å². The van der Waals surface area contributed by atoms with E-state index in [-0.39, 0.29) is 0 Å². The van der Waals surface area contributed by atoms with Gasteiger partial charge in [0.05, 0.1) is 0 Å². The van der Waals surface area contributed by atoms with Gasteiger partial charge in [0, 0.05) is 36.1 Å². The summed E-state index contributed by atoms with van der Waals surface area (Å²) in [6.07, 6.45) is 6.87. The fourth-order valence-electron chi connectivity index (χ4n) is 2.63. The van der Waals surface area contributed by atoms with Crippen LogP contribution in [0.2, 0.25) is 0 Å². The number of rotatable bonds is 8. The molecule has 0 saturated heterocycles. The van der Waals surface area contributed by atoms with Crippen LogP contribution in [0.25, 0.3) is 0 Å². The van der Waals surface area contributed by atoms with Crippen LogP contribution >= 0.6 is 11.3 Å². The number of nitrogens with one attached hydrogen (secondary N) is 1. The Balaban J connectivity index is 1.58. The summed E-state index contributed by atoms with van der Waals surface area (Å²) in [5.74, 6) is 0. The molecule has 1 aromatic rings. The van der Waals surface area contributed by atoms with Gasteiger partial charge in [0.1, 0.15) is 0 Å². The summed E-state index contributed by atoms with van der Waals surface area (Å²) in [5.41, 5.74) is 0.